The van der Waals surface area contributed by atoms with Gasteiger partial charge in [-0.05, 0) is 121 Å². The Balaban J connectivity index is 1.33. The lowest BCUT2D eigenvalue weighted by molar-refractivity contribution is 1.28. The molecule has 178 valence electrons. The third kappa shape index (κ3) is 6.66. The molecule has 0 saturated carbocycles. The zero-order valence-corrected chi connectivity index (χ0v) is 23.7. The molecule has 0 bridgehead atoms. The lowest BCUT2D eigenvalue weighted by Crippen LogP contribution is -2.04. The molecule has 0 radical (unpaired) electrons. The molecule has 0 atom stereocenters. The first-order valence-corrected chi connectivity index (χ1v) is 15.2. The van der Waals surface area contributed by atoms with Gasteiger partial charge in [0.2, 0.25) is 0 Å². The number of hydrogen-bond donors (Lipinski definition) is 0. The second-order valence-electron chi connectivity index (χ2n) is 7.87. The van der Waals surface area contributed by atoms with Crippen LogP contribution in [0.3, 0.4) is 0 Å². The molecule has 0 aliphatic heterocycles. The monoisotopic (exact) mass is 582 g/mol. The Labute approximate surface area is 238 Å². The number of thiol groups is 1. The summed E-state index contributed by atoms with van der Waals surface area (Å²) in [6.07, 6.45) is 0. The Hall–Kier alpha value is -1.98. The Morgan fingerprint density at radius 2 is 0.722 bits per heavy atom. The molecule has 0 fully saturated rings. The van der Waals surface area contributed by atoms with Crippen molar-refractivity contribution in [2.75, 3.05) is 0 Å². The van der Waals surface area contributed by atoms with Crippen LogP contribution < -0.4 is 0 Å². The zero-order chi connectivity index (χ0) is 24.9. The van der Waals surface area contributed by atoms with Crippen LogP contribution in [-0.4, -0.2) is 0 Å². The van der Waals surface area contributed by atoms with E-state index >= 15 is 0 Å². The van der Waals surface area contributed by atoms with Crippen LogP contribution >= 0.6 is 46.6 Å². The van der Waals surface area contributed by atoms with Crippen LogP contribution in [0.25, 0.3) is 0 Å². The van der Waals surface area contributed by atoms with Crippen molar-refractivity contribution in [1.29, 1.82) is 0 Å². The highest BCUT2D eigenvalue weighted by Gasteiger charge is 2.29. The first-order valence-electron chi connectivity index (χ1n) is 11.1. The summed E-state index contributed by atoms with van der Waals surface area (Å²) in [6, 6.07) is 41.8. The van der Waals surface area contributed by atoms with Crippen molar-refractivity contribution >= 4 is 69.2 Å². The van der Waals surface area contributed by atoms with Gasteiger partial charge in [0.1, 0.15) is 0 Å². The SMILES string of the molecule is Clc1ccc(Sc2ccc([SH+]c3ccc([S+](c4ccc(Cl)cc4)c4ccc(Cl)cc4)cc3)cc2)cc1. The number of benzene rings is 5. The van der Waals surface area contributed by atoms with E-state index < -0.39 is 0 Å². The van der Waals surface area contributed by atoms with Crippen molar-refractivity contribution in [1.82, 2.24) is 0 Å². The topological polar surface area (TPSA) is 0 Å². The van der Waals surface area contributed by atoms with Crippen molar-refractivity contribution in [3.05, 3.63) is 136 Å². The maximum atomic E-state index is 6.16. The zero-order valence-electron chi connectivity index (χ0n) is 18.9. The molecule has 5 aromatic rings. The van der Waals surface area contributed by atoms with Crippen molar-refractivity contribution < 1.29 is 0 Å². The number of halogens is 3. The smallest absolute Gasteiger partial charge is 0.0901 e. The van der Waals surface area contributed by atoms with E-state index in [0.717, 1.165) is 15.1 Å². The minimum Gasteiger partial charge on any atom is -0.0901 e. The van der Waals surface area contributed by atoms with Crippen molar-refractivity contribution in [2.45, 2.75) is 34.3 Å². The Morgan fingerprint density at radius 1 is 0.417 bits per heavy atom. The fourth-order valence-electron chi connectivity index (χ4n) is 3.58. The summed E-state index contributed by atoms with van der Waals surface area (Å²) in [6.45, 7) is 0. The van der Waals surface area contributed by atoms with Crippen LogP contribution in [0.1, 0.15) is 0 Å². The minimum absolute atomic E-state index is 0.241. The quantitative estimate of drug-likeness (QED) is 0.136. The lowest BCUT2D eigenvalue weighted by Gasteiger charge is -2.08. The molecule has 0 aliphatic carbocycles. The van der Waals surface area contributed by atoms with E-state index in [1.807, 2.05) is 48.5 Å². The summed E-state index contributed by atoms with van der Waals surface area (Å²) in [7, 11) is -0.241. The molecule has 5 aromatic carbocycles. The summed E-state index contributed by atoms with van der Waals surface area (Å²) in [5.74, 6) is 0. The van der Waals surface area contributed by atoms with E-state index in [-0.39, 0.29) is 10.9 Å². The van der Waals surface area contributed by atoms with Gasteiger partial charge in [0.15, 0.2) is 24.5 Å². The minimum atomic E-state index is -0.241. The molecule has 0 N–H and O–H groups in total. The second kappa shape index (κ2) is 12.0. The first kappa shape index (κ1) is 25.7. The lowest BCUT2D eigenvalue weighted by atomic mass is 10.3. The molecule has 0 spiro atoms. The largest absolute Gasteiger partial charge is 0.166 e. The van der Waals surface area contributed by atoms with E-state index in [2.05, 4.69) is 72.8 Å². The predicted octanol–water partition coefficient (Wildman–Crippen LogP) is 10.1. The van der Waals surface area contributed by atoms with E-state index in [4.69, 9.17) is 34.8 Å². The average molecular weight is 584 g/mol. The molecule has 36 heavy (non-hydrogen) atoms. The summed E-state index contributed by atoms with van der Waals surface area (Å²) in [5.41, 5.74) is 0. The molecular weight excluding hydrogens is 563 g/mol. The van der Waals surface area contributed by atoms with Crippen LogP contribution in [0.5, 0.6) is 0 Å². The van der Waals surface area contributed by atoms with Gasteiger partial charge in [-0.25, -0.2) is 0 Å². The fraction of sp³-hybridized carbons (Fsp3) is 0. The summed E-state index contributed by atoms with van der Waals surface area (Å²) >= 11 is 21.2. The highest BCUT2D eigenvalue weighted by atomic mass is 35.5. The second-order valence-corrected chi connectivity index (χ2v) is 13.6. The maximum Gasteiger partial charge on any atom is 0.166 e. The third-order valence-electron chi connectivity index (χ3n) is 5.32. The molecule has 5 rings (SSSR count). The molecule has 6 heteroatoms. The van der Waals surface area contributed by atoms with Crippen molar-refractivity contribution in [3.63, 3.8) is 0 Å². The van der Waals surface area contributed by atoms with Crippen LogP contribution in [0.2, 0.25) is 15.1 Å². The predicted molar refractivity (Wildman–Crippen MR) is 159 cm³/mol. The van der Waals surface area contributed by atoms with E-state index in [1.54, 1.807) is 11.8 Å². The summed E-state index contributed by atoms with van der Waals surface area (Å²) in [5, 5.41) is 2.24. The Morgan fingerprint density at radius 3 is 1.14 bits per heavy atom. The average Bonchev–Trinajstić information content (AvgIpc) is 2.90. The van der Waals surface area contributed by atoms with E-state index in [0.29, 0.717) is 0 Å². The summed E-state index contributed by atoms with van der Waals surface area (Å²) in [4.78, 5) is 8.61. The van der Waals surface area contributed by atoms with Gasteiger partial charge in [-0.1, -0.05) is 46.6 Å². The highest BCUT2D eigenvalue weighted by molar-refractivity contribution is 7.99. The number of rotatable bonds is 7. The molecule has 0 nitrogen and oxygen atoms in total. The molecule has 0 unspecified atom stereocenters. The maximum absolute atomic E-state index is 6.16. The molecule has 0 aromatic heterocycles. The van der Waals surface area contributed by atoms with Gasteiger partial charge >= 0.3 is 0 Å². The fourth-order valence-corrected chi connectivity index (χ4v) is 7.71. The normalized spacial score (nSPS) is 11.1. The van der Waals surface area contributed by atoms with Gasteiger partial charge in [0, 0.05) is 36.6 Å². The highest BCUT2D eigenvalue weighted by Crippen LogP contribution is 2.33. The van der Waals surface area contributed by atoms with Gasteiger partial charge in [-0.15, -0.1) is 0 Å². The Bertz CT molecular complexity index is 1370. The van der Waals surface area contributed by atoms with Crippen LogP contribution in [0, 0.1) is 0 Å². The Kier molecular flexibility index (Phi) is 8.58. The van der Waals surface area contributed by atoms with Gasteiger partial charge in [-0.3, -0.25) is 0 Å². The third-order valence-corrected chi connectivity index (χ3v) is 10.4. The number of hydrogen-bond acceptors (Lipinski definition) is 1. The van der Waals surface area contributed by atoms with E-state index in [9.17, 15) is 0 Å². The van der Waals surface area contributed by atoms with Gasteiger partial charge in [-0.2, -0.15) is 0 Å². The standard InChI is InChI=1S/C30H20Cl3S3/c31-21-1-7-24(8-2-21)34-25-9-11-26(12-10-25)35-27-13-19-30(20-14-27)36(28-15-3-22(32)4-16-28)29-17-5-23(33)6-18-29/h1-20H/q+1/p+1. The van der Waals surface area contributed by atoms with Gasteiger partial charge in [0.05, 0.1) is 10.9 Å². The van der Waals surface area contributed by atoms with Crippen LogP contribution in [0.4, 0.5) is 0 Å². The molecule has 0 heterocycles. The molecule has 0 aliphatic rings. The van der Waals surface area contributed by atoms with Crippen LogP contribution in [-0.2, 0) is 22.7 Å². The van der Waals surface area contributed by atoms with Gasteiger partial charge < -0.3 is 0 Å². The van der Waals surface area contributed by atoms with Crippen molar-refractivity contribution in [3.8, 4) is 0 Å². The van der Waals surface area contributed by atoms with E-state index in [1.165, 1.54) is 46.0 Å². The van der Waals surface area contributed by atoms with Crippen LogP contribution in [0.15, 0.2) is 156 Å². The molecule has 0 amide bonds. The summed E-state index contributed by atoms with van der Waals surface area (Å²) < 4.78 is 0. The molecular formula is C30H21Cl3S3+2. The van der Waals surface area contributed by atoms with Crippen molar-refractivity contribution in [2.24, 2.45) is 0 Å². The van der Waals surface area contributed by atoms with Gasteiger partial charge in [0.25, 0.3) is 0 Å². The first-order chi connectivity index (χ1) is 17.5. The molecule has 0 saturated heterocycles.